The molecule has 0 saturated carbocycles. The number of aliphatic hydroxyl groups is 1. The first-order valence-corrected chi connectivity index (χ1v) is 6.81. The molecule has 0 aromatic heterocycles. The molecule has 0 spiro atoms. The molecule has 2 N–H and O–H groups in total. The van der Waals surface area contributed by atoms with Crippen LogP contribution in [0.15, 0.2) is 23.7 Å². The first-order chi connectivity index (χ1) is 9.64. The van der Waals surface area contributed by atoms with Crippen LogP contribution < -0.4 is 0 Å². The van der Waals surface area contributed by atoms with E-state index in [0.29, 0.717) is 11.0 Å². The second-order valence-corrected chi connectivity index (χ2v) is 6.21. The fourth-order valence-electron chi connectivity index (χ4n) is 2.08. The highest BCUT2D eigenvalue weighted by Gasteiger charge is 2.52. The van der Waals surface area contributed by atoms with Crippen LogP contribution >= 0.6 is 0 Å². The number of rotatable bonds is 3. The van der Waals surface area contributed by atoms with Gasteiger partial charge in [-0.15, -0.1) is 0 Å². The van der Waals surface area contributed by atoms with E-state index in [-0.39, 0.29) is 12.4 Å². The van der Waals surface area contributed by atoms with Crippen molar-refractivity contribution < 1.29 is 23.9 Å². The second-order valence-electron chi connectivity index (χ2n) is 6.21. The van der Waals surface area contributed by atoms with E-state index < -0.39 is 24.1 Å². The van der Waals surface area contributed by atoms with Gasteiger partial charge in [-0.25, -0.2) is 4.39 Å². The maximum atomic E-state index is 13.3. The maximum Gasteiger partial charge on any atom is 0.492 e. The Kier molecular flexibility index (Phi) is 4.15. The fourth-order valence-corrected chi connectivity index (χ4v) is 2.08. The molecule has 0 bridgehead atoms. The minimum absolute atomic E-state index is 0.174. The zero-order valence-corrected chi connectivity index (χ0v) is 12.7. The van der Waals surface area contributed by atoms with Crippen LogP contribution in [0.25, 0.3) is 6.08 Å². The van der Waals surface area contributed by atoms with Crippen molar-refractivity contribution in [2.45, 2.75) is 38.9 Å². The van der Waals surface area contributed by atoms with Gasteiger partial charge in [-0.05, 0) is 50.9 Å². The standard InChI is InChI=1S/C15H20BFO4/c1-14(2)15(3,4)21-16(20-14)11(9-18)5-10-6-12(17)8-13(19)7-10/h5-8,18-19H,9H2,1-4H3. The average Bonchev–Trinajstić information content (AvgIpc) is 2.54. The van der Waals surface area contributed by atoms with Crippen LogP contribution in [0.4, 0.5) is 4.39 Å². The van der Waals surface area contributed by atoms with Crippen molar-refractivity contribution in [2.24, 2.45) is 0 Å². The summed E-state index contributed by atoms with van der Waals surface area (Å²) in [4.78, 5) is 0. The predicted octanol–water partition coefficient (Wildman–Crippen LogP) is 2.54. The summed E-state index contributed by atoms with van der Waals surface area (Å²) in [6, 6.07) is 3.69. The molecule has 1 heterocycles. The Labute approximate surface area is 124 Å². The third kappa shape index (κ3) is 3.28. The van der Waals surface area contributed by atoms with Crippen LogP contribution in [0.1, 0.15) is 33.3 Å². The van der Waals surface area contributed by atoms with Crippen molar-refractivity contribution >= 4 is 13.2 Å². The van der Waals surface area contributed by atoms with E-state index in [4.69, 9.17) is 9.31 Å². The van der Waals surface area contributed by atoms with Gasteiger partial charge in [0, 0.05) is 6.07 Å². The van der Waals surface area contributed by atoms with E-state index in [1.165, 1.54) is 12.1 Å². The molecule has 1 aliphatic heterocycles. The Morgan fingerprint density at radius 3 is 2.24 bits per heavy atom. The molecule has 4 nitrogen and oxygen atoms in total. The van der Waals surface area contributed by atoms with Gasteiger partial charge in [0.2, 0.25) is 0 Å². The highest BCUT2D eigenvalue weighted by Crippen LogP contribution is 2.38. The van der Waals surface area contributed by atoms with Crippen molar-refractivity contribution in [3.8, 4) is 5.75 Å². The van der Waals surface area contributed by atoms with Crippen LogP contribution in [0.3, 0.4) is 0 Å². The number of phenols is 1. The Hall–Kier alpha value is -1.37. The van der Waals surface area contributed by atoms with Crippen LogP contribution in [0, 0.1) is 5.82 Å². The van der Waals surface area contributed by atoms with Gasteiger partial charge in [-0.1, -0.05) is 6.08 Å². The van der Waals surface area contributed by atoms with Crippen molar-refractivity contribution in [3.05, 3.63) is 35.1 Å². The Bertz CT molecular complexity index is 533. The SMILES string of the molecule is CC1(C)OB(C(=Cc2cc(O)cc(F)c2)CO)OC1(C)C. The number of hydrogen-bond acceptors (Lipinski definition) is 4. The molecule has 1 fully saturated rings. The van der Waals surface area contributed by atoms with Crippen LogP contribution in [-0.4, -0.2) is 35.1 Å². The highest BCUT2D eigenvalue weighted by molar-refractivity contribution is 6.55. The monoisotopic (exact) mass is 294 g/mol. The third-order valence-corrected chi connectivity index (χ3v) is 4.00. The number of benzene rings is 1. The van der Waals surface area contributed by atoms with Gasteiger partial charge >= 0.3 is 7.12 Å². The summed E-state index contributed by atoms with van der Waals surface area (Å²) in [6.07, 6.45) is 1.56. The molecular formula is C15H20BFO4. The van der Waals surface area contributed by atoms with Crippen LogP contribution in [0.5, 0.6) is 5.75 Å². The topological polar surface area (TPSA) is 58.9 Å². The number of halogens is 1. The molecule has 0 aliphatic carbocycles. The molecule has 1 aromatic carbocycles. The fraction of sp³-hybridized carbons (Fsp3) is 0.467. The summed E-state index contributed by atoms with van der Waals surface area (Å²) in [7, 11) is -0.703. The molecule has 2 rings (SSSR count). The van der Waals surface area contributed by atoms with E-state index in [0.717, 1.165) is 6.07 Å². The van der Waals surface area contributed by atoms with Gasteiger partial charge in [0.05, 0.1) is 17.8 Å². The zero-order valence-electron chi connectivity index (χ0n) is 12.7. The number of aliphatic hydroxyl groups excluding tert-OH is 1. The van der Waals surface area contributed by atoms with E-state index >= 15 is 0 Å². The van der Waals surface area contributed by atoms with Crippen molar-refractivity contribution in [1.29, 1.82) is 0 Å². The van der Waals surface area contributed by atoms with Gasteiger partial charge in [0.15, 0.2) is 0 Å². The molecule has 0 radical (unpaired) electrons. The normalized spacial score (nSPS) is 20.9. The first kappa shape index (κ1) is 16.0. The molecule has 0 atom stereocenters. The molecule has 1 aromatic rings. The van der Waals surface area contributed by atoms with Crippen LogP contribution in [0.2, 0.25) is 0 Å². The van der Waals surface area contributed by atoms with Crippen molar-refractivity contribution in [1.82, 2.24) is 0 Å². The smallest absolute Gasteiger partial charge is 0.492 e. The Balaban J connectivity index is 2.30. The summed E-state index contributed by atoms with van der Waals surface area (Å²) in [5.74, 6) is -0.722. The highest BCUT2D eigenvalue weighted by atomic mass is 19.1. The van der Waals surface area contributed by atoms with E-state index in [2.05, 4.69) is 0 Å². The largest absolute Gasteiger partial charge is 0.508 e. The summed E-state index contributed by atoms with van der Waals surface area (Å²) in [5.41, 5.74) is -0.128. The summed E-state index contributed by atoms with van der Waals surface area (Å²) in [5, 5.41) is 19.0. The lowest BCUT2D eigenvalue weighted by atomic mass is 9.77. The third-order valence-electron chi connectivity index (χ3n) is 4.00. The lowest BCUT2D eigenvalue weighted by molar-refractivity contribution is 0.00578. The summed E-state index contributed by atoms with van der Waals surface area (Å²) < 4.78 is 25.0. The van der Waals surface area contributed by atoms with Gasteiger partial charge in [0.25, 0.3) is 0 Å². The summed E-state index contributed by atoms with van der Waals surface area (Å²) >= 11 is 0. The molecular weight excluding hydrogens is 274 g/mol. The average molecular weight is 294 g/mol. The summed E-state index contributed by atoms with van der Waals surface area (Å²) in [6.45, 7) is 7.37. The second kappa shape index (κ2) is 5.44. The maximum absolute atomic E-state index is 13.3. The molecule has 1 aliphatic rings. The van der Waals surface area contributed by atoms with Gasteiger partial charge < -0.3 is 19.5 Å². The molecule has 114 valence electrons. The van der Waals surface area contributed by atoms with Crippen molar-refractivity contribution in [2.75, 3.05) is 6.61 Å². The van der Waals surface area contributed by atoms with Gasteiger partial charge in [-0.3, -0.25) is 0 Å². The molecule has 0 unspecified atom stereocenters. The van der Waals surface area contributed by atoms with Crippen LogP contribution in [-0.2, 0) is 9.31 Å². The molecule has 21 heavy (non-hydrogen) atoms. The quantitative estimate of drug-likeness (QED) is 0.841. The number of aromatic hydroxyl groups is 1. The van der Waals surface area contributed by atoms with Gasteiger partial charge in [-0.2, -0.15) is 0 Å². The lowest BCUT2D eigenvalue weighted by Gasteiger charge is -2.32. The minimum Gasteiger partial charge on any atom is -0.508 e. The minimum atomic E-state index is -0.703. The Morgan fingerprint density at radius 2 is 1.76 bits per heavy atom. The number of hydrogen-bond donors (Lipinski definition) is 2. The molecule has 1 saturated heterocycles. The number of phenolic OH excluding ortho intramolecular Hbond substituents is 1. The van der Waals surface area contributed by atoms with Crippen molar-refractivity contribution in [3.63, 3.8) is 0 Å². The van der Waals surface area contributed by atoms with E-state index in [1.54, 1.807) is 6.08 Å². The molecule has 0 amide bonds. The van der Waals surface area contributed by atoms with E-state index in [1.807, 2.05) is 27.7 Å². The Morgan fingerprint density at radius 1 is 1.19 bits per heavy atom. The zero-order chi connectivity index (χ0) is 15.8. The van der Waals surface area contributed by atoms with Gasteiger partial charge in [0.1, 0.15) is 11.6 Å². The lowest BCUT2D eigenvalue weighted by Crippen LogP contribution is -2.41. The first-order valence-electron chi connectivity index (χ1n) is 6.81. The predicted molar refractivity (Wildman–Crippen MR) is 79.2 cm³/mol. The van der Waals surface area contributed by atoms with E-state index in [9.17, 15) is 14.6 Å². The molecule has 6 heteroatoms.